The molecule has 0 aliphatic heterocycles. The molecule has 0 radical (unpaired) electrons. The summed E-state index contributed by atoms with van der Waals surface area (Å²) in [7, 11) is 0. The number of rotatable bonds is 5. The van der Waals surface area contributed by atoms with Gasteiger partial charge < -0.3 is 0 Å². The zero-order valence-corrected chi connectivity index (χ0v) is 13.3. The standard InChI is InChI=1S/C18H24S/c1-7-14(3)17(4,5)18(6,19)16(8-2)15-12-10-9-11-13-15/h1,9-13,16,19H,3,8H2,2,4-6H3. The molecule has 1 aromatic rings. The van der Waals surface area contributed by atoms with Crippen LogP contribution in [-0.4, -0.2) is 4.75 Å². The molecule has 1 heteroatoms. The van der Waals surface area contributed by atoms with Crippen molar-refractivity contribution in [3.05, 3.63) is 48.0 Å². The monoisotopic (exact) mass is 272 g/mol. The van der Waals surface area contributed by atoms with Crippen LogP contribution >= 0.6 is 12.6 Å². The summed E-state index contributed by atoms with van der Waals surface area (Å²) in [6.07, 6.45) is 6.57. The van der Waals surface area contributed by atoms with Crippen molar-refractivity contribution in [1.29, 1.82) is 0 Å². The lowest BCUT2D eigenvalue weighted by Crippen LogP contribution is -2.43. The van der Waals surface area contributed by atoms with Gasteiger partial charge in [-0.1, -0.05) is 63.6 Å². The van der Waals surface area contributed by atoms with Gasteiger partial charge in [0.15, 0.2) is 0 Å². The maximum atomic E-state index is 5.55. The molecule has 0 aliphatic carbocycles. The van der Waals surface area contributed by atoms with E-state index >= 15 is 0 Å². The van der Waals surface area contributed by atoms with Gasteiger partial charge in [-0.3, -0.25) is 0 Å². The number of hydrogen-bond acceptors (Lipinski definition) is 1. The predicted molar refractivity (Wildman–Crippen MR) is 88.6 cm³/mol. The molecule has 1 rings (SSSR count). The van der Waals surface area contributed by atoms with Gasteiger partial charge in [0.05, 0.1) is 0 Å². The summed E-state index contributed by atoms with van der Waals surface area (Å²) in [6, 6.07) is 10.5. The fourth-order valence-corrected chi connectivity index (χ4v) is 3.03. The molecular formula is C18H24S. The number of terminal acetylenes is 1. The lowest BCUT2D eigenvalue weighted by atomic mass is 9.65. The first-order valence-electron chi connectivity index (χ1n) is 6.72. The zero-order chi connectivity index (χ0) is 14.7. The summed E-state index contributed by atoms with van der Waals surface area (Å²) in [5, 5.41) is 0. The number of benzene rings is 1. The maximum absolute atomic E-state index is 5.55. The molecule has 0 aliphatic rings. The zero-order valence-electron chi connectivity index (χ0n) is 12.4. The largest absolute Gasteiger partial charge is 0.171 e. The third kappa shape index (κ3) is 2.90. The highest BCUT2D eigenvalue weighted by atomic mass is 32.1. The van der Waals surface area contributed by atoms with Crippen molar-refractivity contribution in [3.63, 3.8) is 0 Å². The third-order valence-electron chi connectivity index (χ3n) is 4.48. The molecule has 0 saturated heterocycles. The van der Waals surface area contributed by atoms with E-state index in [1.807, 2.05) is 6.07 Å². The van der Waals surface area contributed by atoms with E-state index in [0.29, 0.717) is 5.92 Å². The van der Waals surface area contributed by atoms with Gasteiger partial charge in [-0.25, -0.2) is 0 Å². The van der Waals surface area contributed by atoms with Crippen LogP contribution < -0.4 is 0 Å². The van der Waals surface area contributed by atoms with Crippen molar-refractivity contribution in [2.45, 2.75) is 44.8 Å². The van der Waals surface area contributed by atoms with Crippen LogP contribution in [0.25, 0.3) is 0 Å². The summed E-state index contributed by atoms with van der Waals surface area (Å²) in [5.74, 6) is 3.03. The second-order valence-corrected chi connectivity index (χ2v) is 6.70. The van der Waals surface area contributed by atoms with E-state index in [0.717, 1.165) is 12.0 Å². The molecule has 0 amide bonds. The highest BCUT2D eigenvalue weighted by molar-refractivity contribution is 7.81. The van der Waals surface area contributed by atoms with Crippen molar-refractivity contribution < 1.29 is 0 Å². The first-order valence-corrected chi connectivity index (χ1v) is 7.17. The number of hydrogen-bond donors (Lipinski definition) is 1. The molecule has 2 unspecified atom stereocenters. The lowest BCUT2D eigenvalue weighted by Gasteiger charge is -2.46. The topological polar surface area (TPSA) is 0 Å². The first kappa shape index (κ1) is 15.9. The Bertz CT molecular complexity index is 474. The van der Waals surface area contributed by atoms with Gasteiger partial charge >= 0.3 is 0 Å². The summed E-state index contributed by atoms with van der Waals surface area (Å²) in [4.78, 5) is 0. The van der Waals surface area contributed by atoms with Crippen molar-refractivity contribution in [3.8, 4) is 12.3 Å². The summed E-state index contributed by atoms with van der Waals surface area (Å²) >= 11 is 4.99. The van der Waals surface area contributed by atoms with Crippen LogP contribution in [0.2, 0.25) is 0 Å². The lowest BCUT2D eigenvalue weighted by molar-refractivity contribution is 0.286. The Kier molecular flexibility index (Phi) is 4.93. The minimum absolute atomic E-state index is 0.235. The number of thiol groups is 1. The van der Waals surface area contributed by atoms with Crippen LogP contribution in [0.15, 0.2) is 42.5 Å². The van der Waals surface area contributed by atoms with E-state index in [-0.39, 0.29) is 10.2 Å². The summed E-state index contributed by atoms with van der Waals surface area (Å²) in [6.45, 7) is 12.7. The minimum atomic E-state index is -0.257. The Morgan fingerprint density at radius 2 is 1.84 bits per heavy atom. The van der Waals surface area contributed by atoms with Crippen LogP contribution in [0.1, 0.15) is 45.6 Å². The van der Waals surface area contributed by atoms with Crippen molar-refractivity contribution in [2.75, 3.05) is 0 Å². The molecule has 0 bridgehead atoms. The third-order valence-corrected chi connectivity index (χ3v) is 5.35. The van der Waals surface area contributed by atoms with Crippen LogP contribution in [0.3, 0.4) is 0 Å². The van der Waals surface area contributed by atoms with E-state index in [2.05, 4.69) is 64.5 Å². The molecule has 2 atom stereocenters. The van der Waals surface area contributed by atoms with Crippen molar-refractivity contribution in [1.82, 2.24) is 0 Å². The van der Waals surface area contributed by atoms with Gasteiger partial charge in [-0.05, 0) is 24.8 Å². The molecule has 0 spiro atoms. The van der Waals surface area contributed by atoms with Crippen molar-refractivity contribution in [2.24, 2.45) is 5.41 Å². The van der Waals surface area contributed by atoms with Crippen LogP contribution in [-0.2, 0) is 0 Å². The number of allylic oxidation sites excluding steroid dienone is 1. The average molecular weight is 272 g/mol. The second-order valence-electron chi connectivity index (χ2n) is 5.77. The van der Waals surface area contributed by atoms with E-state index in [4.69, 9.17) is 19.1 Å². The van der Waals surface area contributed by atoms with Gasteiger partial charge in [0.1, 0.15) is 0 Å². The quantitative estimate of drug-likeness (QED) is 0.560. The van der Waals surface area contributed by atoms with Crippen LogP contribution in [0, 0.1) is 17.8 Å². The fraction of sp³-hybridized carbons (Fsp3) is 0.444. The molecule has 0 nitrogen and oxygen atoms in total. The molecule has 1 aromatic carbocycles. The highest BCUT2D eigenvalue weighted by Gasteiger charge is 2.45. The smallest absolute Gasteiger partial charge is 0.0267 e. The van der Waals surface area contributed by atoms with Crippen LogP contribution in [0.4, 0.5) is 0 Å². The SMILES string of the molecule is C#CC(=C)C(C)(C)C(C)(S)C(CC)c1ccccc1. The maximum Gasteiger partial charge on any atom is 0.0267 e. The Morgan fingerprint density at radius 3 is 2.26 bits per heavy atom. The molecule has 0 saturated carbocycles. The second kappa shape index (κ2) is 5.88. The molecule has 102 valence electrons. The predicted octanol–water partition coefficient (Wildman–Crippen LogP) is 5.08. The Balaban J connectivity index is 3.24. The first-order chi connectivity index (χ1) is 8.79. The van der Waals surface area contributed by atoms with Gasteiger partial charge in [0.2, 0.25) is 0 Å². The Labute approximate surface area is 123 Å². The van der Waals surface area contributed by atoms with Crippen molar-refractivity contribution >= 4 is 12.6 Å². The van der Waals surface area contributed by atoms with Gasteiger partial charge in [-0.2, -0.15) is 12.6 Å². The highest BCUT2D eigenvalue weighted by Crippen LogP contribution is 2.51. The Morgan fingerprint density at radius 1 is 1.32 bits per heavy atom. The average Bonchev–Trinajstić information content (AvgIpc) is 2.39. The van der Waals surface area contributed by atoms with Crippen LogP contribution in [0.5, 0.6) is 0 Å². The normalized spacial score (nSPS) is 16.2. The fourth-order valence-electron chi connectivity index (χ4n) is 2.56. The Hall–Kier alpha value is -1.13. The van der Waals surface area contributed by atoms with Gasteiger partial charge in [-0.15, -0.1) is 6.42 Å². The van der Waals surface area contributed by atoms with E-state index in [1.165, 1.54) is 5.56 Å². The molecule has 19 heavy (non-hydrogen) atoms. The molecule has 0 fully saturated rings. The van der Waals surface area contributed by atoms with E-state index in [1.54, 1.807) is 0 Å². The molecular weight excluding hydrogens is 248 g/mol. The molecule has 0 N–H and O–H groups in total. The van der Waals surface area contributed by atoms with Gasteiger partial charge in [0.25, 0.3) is 0 Å². The summed E-state index contributed by atoms with van der Waals surface area (Å²) in [5.41, 5.74) is 1.88. The van der Waals surface area contributed by atoms with E-state index < -0.39 is 0 Å². The molecule has 0 heterocycles. The van der Waals surface area contributed by atoms with Gasteiger partial charge in [0, 0.05) is 15.7 Å². The summed E-state index contributed by atoms with van der Waals surface area (Å²) < 4.78 is -0.257. The van der Waals surface area contributed by atoms with E-state index in [9.17, 15) is 0 Å². The minimum Gasteiger partial charge on any atom is -0.171 e. The molecule has 0 aromatic heterocycles.